The molecule has 0 aliphatic carbocycles. The summed E-state index contributed by atoms with van der Waals surface area (Å²) in [6, 6.07) is 0. The lowest BCUT2D eigenvalue weighted by molar-refractivity contribution is 0.389. The average Bonchev–Trinajstić information content (AvgIpc) is 2.31. The predicted octanol–water partition coefficient (Wildman–Crippen LogP) is 3.97. The maximum absolute atomic E-state index is 9.79. The smallest absolute Gasteiger partial charge is 0.264 e. The van der Waals surface area contributed by atoms with Crippen LogP contribution in [0.25, 0.3) is 0 Å². The van der Waals surface area contributed by atoms with Crippen LogP contribution in [0.4, 0.5) is 0 Å². The summed E-state index contributed by atoms with van der Waals surface area (Å²) in [5, 5.41) is 0. The zero-order chi connectivity index (χ0) is 15.9. The Kier molecular flexibility index (Phi) is 16.9. The average molecular weight is 310 g/mol. The molecule has 1 N–H and O–H groups in total. The Balaban J connectivity index is 0. The summed E-state index contributed by atoms with van der Waals surface area (Å²) in [6.07, 6.45) is 11.9. The van der Waals surface area contributed by atoms with E-state index in [4.69, 9.17) is 4.55 Å². The summed E-state index contributed by atoms with van der Waals surface area (Å²) < 4.78 is 27.6. The number of hydrogen-bond donors (Lipinski definition) is 1. The Bertz CT molecular complexity index is 277. The molecule has 0 radical (unpaired) electrons. The van der Waals surface area contributed by atoms with Crippen LogP contribution >= 0.6 is 0 Å². The van der Waals surface area contributed by atoms with E-state index in [1.807, 2.05) is 0 Å². The van der Waals surface area contributed by atoms with Crippen molar-refractivity contribution >= 4 is 10.1 Å². The normalized spacial score (nSPS) is 11.3. The van der Waals surface area contributed by atoms with Gasteiger partial charge in [-0.25, -0.2) is 0 Å². The van der Waals surface area contributed by atoms with Gasteiger partial charge < -0.3 is 4.90 Å². The van der Waals surface area contributed by atoms with E-state index in [0.29, 0.717) is 6.42 Å². The Hall–Kier alpha value is -0.130. The molecule has 0 rings (SSSR count). The molecule has 0 bridgehead atoms. The fourth-order valence-electron chi connectivity index (χ4n) is 1.82. The first kappa shape index (κ1) is 22.2. The Labute approximate surface area is 126 Å². The molecule has 0 aromatic heterocycles. The van der Waals surface area contributed by atoms with Crippen molar-refractivity contribution in [3.63, 3.8) is 0 Å². The molecular weight excluding hydrogens is 274 g/mol. The van der Waals surface area contributed by atoms with Crippen molar-refractivity contribution < 1.29 is 13.0 Å². The Morgan fingerprint density at radius 3 is 1.55 bits per heavy atom. The molecule has 0 atom stereocenters. The summed E-state index contributed by atoms with van der Waals surface area (Å²) in [6.45, 7) is 5.22. The SMILES string of the molecule is CCCCCCCCCCN(C)C.CCCS(=O)(=O)O. The quantitative estimate of drug-likeness (QED) is 0.463. The van der Waals surface area contributed by atoms with Gasteiger partial charge in [0.15, 0.2) is 0 Å². The Morgan fingerprint density at radius 1 is 0.800 bits per heavy atom. The minimum Gasteiger partial charge on any atom is -0.309 e. The highest BCUT2D eigenvalue weighted by molar-refractivity contribution is 7.85. The monoisotopic (exact) mass is 309 g/mol. The van der Waals surface area contributed by atoms with Crippen molar-refractivity contribution in [3.8, 4) is 0 Å². The lowest BCUT2D eigenvalue weighted by Crippen LogP contribution is -2.12. The summed E-state index contributed by atoms with van der Waals surface area (Å²) in [5.74, 6) is -0.132. The maximum Gasteiger partial charge on any atom is 0.264 e. The molecule has 0 fully saturated rings. The van der Waals surface area contributed by atoms with Gasteiger partial charge in [-0.2, -0.15) is 8.42 Å². The van der Waals surface area contributed by atoms with Gasteiger partial charge >= 0.3 is 0 Å². The van der Waals surface area contributed by atoms with Gasteiger partial charge in [-0.05, 0) is 33.5 Å². The van der Waals surface area contributed by atoms with E-state index in [1.54, 1.807) is 6.92 Å². The molecular formula is C15H35NO3S. The van der Waals surface area contributed by atoms with Gasteiger partial charge in [0.25, 0.3) is 10.1 Å². The fourth-order valence-corrected chi connectivity index (χ4v) is 2.34. The van der Waals surface area contributed by atoms with Crippen molar-refractivity contribution in [1.82, 2.24) is 4.90 Å². The van der Waals surface area contributed by atoms with Crippen LogP contribution in [0.3, 0.4) is 0 Å². The molecule has 0 saturated carbocycles. The van der Waals surface area contributed by atoms with Gasteiger partial charge in [0.1, 0.15) is 0 Å². The third-order valence-electron chi connectivity index (χ3n) is 2.92. The van der Waals surface area contributed by atoms with Crippen LogP contribution in [0.2, 0.25) is 0 Å². The standard InChI is InChI=1S/C12H27N.C3H8O3S/c1-4-5-6-7-8-9-10-11-12-13(2)3;1-2-3-7(4,5)6/h4-12H2,1-3H3;2-3H2,1H3,(H,4,5,6). The molecule has 124 valence electrons. The third-order valence-corrected chi connectivity index (χ3v) is 3.85. The van der Waals surface area contributed by atoms with E-state index in [2.05, 4.69) is 25.9 Å². The number of rotatable bonds is 11. The molecule has 0 saturated heterocycles. The van der Waals surface area contributed by atoms with Crippen LogP contribution in [0.5, 0.6) is 0 Å². The molecule has 4 nitrogen and oxygen atoms in total. The molecule has 0 unspecified atom stereocenters. The predicted molar refractivity (Wildman–Crippen MR) is 87.9 cm³/mol. The molecule has 0 aromatic carbocycles. The zero-order valence-electron chi connectivity index (χ0n) is 13.9. The number of hydrogen-bond acceptors (Lipinski definition) is 3. The van der Waals surface area contributed by atoms with E-state index < -0.39 is 10.1 Å². The highest BCUT2D eigenvalue weighted by atomic mass is 32.2. The van der Waals surface area contributed by atoms with Gasteiger partial charge in [0.2, 0.25) is 0 Å². The topological polar surface area (TPSA) is 57.6 Å². The summed E-state index contributed by atoms with van der Waals surface area (Å²) in [7, 11) is 0.634. The first-order chi connectivity index (χ1) is 9.33. The van der Waals surface area contributed by atoms with Crippen molar-refractivity contribution in [2.45, 2.75) is 71.6 Å². The lowest BCUT2D eigenvalue weighted by Gasteiger charge is -2.08. The largest absolute Gasteiger partial charge is 0.309 e. The summed E-state index contributed by atoms with van der Waals surface area (Å²) in [4.78, 5) is 2.27. The number of nitrogens with zero attached hydrogens (tertiary/aromatic N) is 1. The maximum atomic E-state index is 9.79. The van der Waals surface area contributed by atoms with Crippen molar-refractivity contribution in [3.05, 3.63) is 0 Å². The van der Waals surface area contributed by atoms with E-state index in [9.17, 15) is 8.42 Å². The van der Waals surface area contributed by atoms with Gasteiger partial charge in [-0.1, -0.05) is 58.8 Å². The van der Waals surface area contributed by atoms with Gasteiger partial charge in [0.05, 0.1) is 5.75 Å². The number of unbranched alkanes of at least 4 members (excludes halogenated alkanes) is 7. The molecule has 5 heteroatoms. The fraction of sp³-hybridized carbons (Fsp3) is 1.00. The van der Waals surface area contributed by atoms with E-state index >= 15 is 0 Å². The molecule has 0 aliphatic heterocycles. The van der Waals surface area contributed by atoms with Crippen LogP contribution in [0, 0.1) is 0 Å². The molecule has 0 heterocycles. The van der Waals surface area contributed by atoms with Crippen LogP contribution in [-0.4, -0.2) is 44.3 Å². The van der Waals surface area contributed by atoms with Gasteiger partial charge in [-0.3, -0.25) is 4.55 Å². The van der Waals surface area contributed by atoms with Crippen LogP contribution < -0.4 is 0 Å². The summed E-state index contributed by atoms with van der Waals surface area (Å²) >= 11 is 0. The molecule has 0 aromatic rings. The van der Waals surface area contributed by atoms with Crippen LogP contribution in [-0.2, 0) is 10.1 Å². The van der Waals surface area contributed by atoms with E-state index in [0.717, 1.165) is 0 Å². The third kappa shape index (κ3) is 26.4. The summed E-state index contributed by atoms with van der Waals surface area (Å²) in [5.41, 5.74) is 0. The second-order valence-electron chi connectivity index (χ2n) is 5.56. The van der Waals surface area contributed by atoms with Crippen molar-refractivity contribution in [2.24, 2.45) is 0 Å². The first-order valence-electron chi connectivity index (χ1n) is 7.93. The second kappa shape index (κ2) is 15.3. The first-order valence-corrected chi connectivity index (χ1v) is 9.54. The minimum absolute atomic E-state index is 0.132. The molecule has 0 amide bonds. The van der Waals surface area contributed by atoms with E-state index in [-0.39, 0.29) is 5.75 Å². The lowest BCUT2D eigenvalue weighted by atomic mass is 10.1. The second-order valence-corrected chi connectivity index (χ2v) is 7.14. The molecule has 0 spiro atoms. The van der Waals surface area contributed by atoms with Crippen molar-refractivity contribution in [1.29, 1.82) is 0 Å². The van der Waals surface area contributed by atoms with Gasteiger partial charge in [0, 0.05) is 0 Å². The highest BCUT2D eigenvalue weighted by Gasteiger charge is 1.98. The van der Waals surface area contributed by atoms with Crippen LogP contribution in [0.1, 0.15) is 71.6 Å². The zero-order valence-corrected chi connectivity index (χ0v) is 14.7. The van der Waals surface area contributed by atoms with Crippen molar-refractivity contribution in [2.75, 3.05) is 26.4 Å². The Morgan fingerprint density at radius 2 is 1.25 bits per heavy atom. The molecule has 0 aliphatic rings. The van der Waals surface area contributed by atoms with Gasteiger partial charge in [-0.15, -0.1) is 0 Å². The highest BCUT2D eigenvalue weighted by Crippen LogP contribution is 2.08. The van der Waals surface area contributed by atoms with Crippen LogP contribution in [0.15, 0.2) is 0 Å². The van der Waals surface area contributed by atoms with E-state index in [1.165, 1.54) is 57.9 Å². The molecule has 20 heavy (non-hydrogen) atoms. The minimum atomic E-state index is -3.67.